The van der Waals surface area contributed by atoms with Gasteiger partial charge in [-0.05, 0) is 37.6 Å². The van der Waals surface area contributed by atoms with Crippen LogP contribution >= 0.6 is 0 Å². The Morgan fingerprint density at radius 3 is 2.50 bits per heavy atom. The summed E-state index contributed by atoms with van der Waals surface area (Å²) in [7, 11) is 0. The number of carbonyl (C=O) groups excluding carboxylic acids is 1. The molecule has 9 heteroatoms. The Kier molecular flexibility index (Phi) is 5.35. The number of fused-ring (bicyclic) bond motifs is 1. The second kappa shape index (κ2) is 7.57. The number of hydrogen-bond donors (Lipinski definition) is 1. The van der Waals surface area contributed by atoms with Crippen LogP contribution in [0.25, 0.3) is 0 Å². The third-order valence-electron chi connectivity index (χ3n) is 4.07. The Balaban J connectivity index is 1.67. The van der Waals surface area contributed by atoms with Crippen molar-refractivity contribution in [2.45, 2.75) is 25.6 Å². The first kappa shape index (κ1) is 19.8. The number of nitrogens with one attached hydrogen (secondary N) is 1. The molecule has 2 heterocycles. The molecule has 1 N–H and O–H groups in total. The van der Waals surface area contributed by atoms with Crippen LogP contribution in [-0.4, -0.2) is 36.9 Å². The minimum absolute atomic E-state index is 0.199. The van der Waals surface area contributed by atoms with Crippen LogP contribution in [0.3, 0.4) is 0 Å². The summed E-state index contributed by atoms with van der Waals surface area (Å²) in [5.74, 6) is 0.629. The van der Waals surface area contributed by atoms with E-state index in [0.717, 1.165) is 5.56 Å². The highest BCUT2D eigenvalue weighted by Crippen LogP contribution is 2.34. The molecule has 0 aliphatic carbocycles. The minimum Gasteiger partial charge on any atom is -0.486 e. The lowest BCUT2D eigenvalue weighted by molar-refractivity contribution is -0.154. The van der Waals surface area contributed by atoms with Gasteiger partial charge in [-0.2, -0.15) is 13.2 Å². The van der Waals surface area contributed by atoms with Gasteiger partial charge in [0.2, 0.25) is 5.88 Å². The second-order valence-electron chi connectivity index (χ2n) is 6.73. The van der Waals surface area contributed by atoms with Crippen molar-refractivity contribution in [3.63, 3.8) is 0 Å². The topological polar surface area (TPSA) is 69.7 Å². The van der Waals surface area contributed by atoms with Crippen LogP contribution in [0.5, 0.6) is 17.4 Å². The molecule has 1 aromatic heterocycles. The molecule has 0 bridgehead atoms. The van der Waals surface area contributed by atoms with Gasteiger partial charge in [-0.25, -0.2) is 4.98 Å². The van der Waals surface area contributed by atoms with Crippen LogP contribution in [0.2, 0.25) is 0 Å². The van der Waals surface area contributed by atoms with Crippen molar-refractivity contribution in [2.75, 3.05) is 19.8 Å². The van der Waals surface area contributed by atoms with Crippen molar-refractivity contribution < 1.29 is 32.2 Å². The second-order valence-corrected chi connectivity index (χ2v) is 6.73. The van der Waals surface area contributed by atoms with Crippen LogP contribution in [0.15, 0.2) is 36.5 Å². The van der Waals surface area contributed by atoms with Crippen molar-refractivity contribution in [3.8, 4) is 17.4 Å². The van der Waals surface area contributed by atoms with Gasteiger partial charge in [0.15, 0.2) is 18.1 Å². The lowest BCUT2D eigenvalue weighted by atomic mass is 9.93. The fourth-order valence-electron chi connectivity index (χ4n) is 2.62. The van der Waals surface area contributed by atoms with Crippen molar-refractivity contribution in [3.05, 3.63) is 47.7 Å². The molecule has 0 unspecified atom stereocenters. The monoisotopic (exact) mass is 396 g/mol. The smallest absolute Gasteiger partial charge is 0.422 e. The zero-order valence-corrected chi connectivity index (χ0v) is 15.3. The highest BCUT2D eigenvalue weighted by Gasteiger charge is 2.29. The van der Waals surface area contributed by atoms with Gasteiger partial charge in [-0.1, -0.05) is 6.07 Å². The molecular weight excluding hydrogens is 377 g/mol. The van der Waals surface area contributed by atoms with Crippen LogP contribution in [-0.2, 0) is 5.54 Å². The summed E-state index contributed by atoms with van der Waals surface area (Å²) in [4.78, 5) is 16.3. The van der Waals surface area contributed by atoms with Crippen molar-refractivity contribution in [1.82, 2.24) is 10.3 Å². The molecule has 0 spiro atoms. The summed E-state index contributed by atoms with van der Waals surface area (Å²) < 4.78 is 52.1. The highest BCUT2D eigenvalue weighted by molar-refractivity contribution is 5.94. The molecule has 0 saturated carbocycles. The summed E-state index contributed by atoms with van der Waals surface area (Å²) >= 11 is 0. The molecule has 1 aliphatic heterocycles. The number of alkyl halides is 3. The Bertz CT molecular complexity index is 851. The number of carbonyl (C=O) groups is 1. The van der Waals surface area contributed by atoms with Crippen LogP contribution in [0, 0.1) is 0 Å². The molecule has 1 amide bonds. The molecule has 0 atom stereocenters. The Hall–Kier alpha value is -2.97. The number of benzene rings is 1. The SMILES string of the molecule is CC(C)(NC(=O)c1ccc(OCC(F)(F)F)nc1)c1ccc2c(c1)OCCO2. The van der Waals surface area contributed by atoms with E-state index < -0.39 is 24.2 Å². The predicted octanol–water partition coefficient (Wildman–Crippen LogP) is 3.46. The van der Waals surface area contributed by atoms with Gasteiger partial charge >= 0.3 is 6.18 Å². The number of aromatic nitrogens is 1. The highest BCUT2D eigenvalue weighted by atomic mass is 19.4. The Morgan fingerprint density at radius 1 is 1.14 bits per heavy atom. The van der Waals surface area contributed by atoms with E-state index in [1.165, 1.54) is 18.3 Å². The van der Waals surface area contributed by atoms with Gasteiger partial charge in [0, 0.05) is 12.3 Å². The molecule has 3 rings (SSSR count). The molecule has 150 valence electrons. The third-order valence-corrected chi connectivity index (χ3v) is 4.07. The first-order chi connectivity index (χ1) is 13.1. The van der Waals surface area contributed by atoms with E-state index in [9.17, 15) is 18.0 Å². The number of nitrogens with zero attached hydrogens (tertiary/aromatic N) is 1. The number of halogens is 3. The van der Waals surface area contributed by atoms with Crippen LogP contribution in [0.4, 0.5) is 13.2 Å². The largest absolute Gasteiger partial charge is 0.486 e. The maximum Gasteiger partial charge on any atom is 0.422 e. The predicted molar refractivity (Wildman–Crippen MR) is 93.7 cm³/mol. The lowest BCUT2D eigenvalue weighted by Crippen LogP contribution is -2.41. The lowest BCUT2D eigenvalue weighted by Gasteiger charge is -2.28. The quantitative estimate of drug-likeness (QED) is 0.838. The van der Waals surface area contributed by atoms with Gasteiger partial charge in [0.25, 0.3) is 5.91 Å². The van der Waals surface area contributed by atoms with Gasteiger partial charge in [-0.3, -0.25) is 4.79 Å². The van der Waals surface area contributed by atoms with E-state index in [1.807, 2.05) is 19.9 Å². The Labute approximate surface area is 159 Å². The molecule has 0 fully saturated rings. The first-order valence-electron chi connectivity index (χ1n) is 8.52. The number of amides is 1. The summed E-state index contributed by atoms with van der Waals surface area (Å²) in [5.41, 5.74) is 0.270. The molecule has 6 nitrogen and oxygen atoms in total. The Morgan fingerprint density at radius 2 is 1.86 bits per heavy atom. The fourth-order valence-corrected chi connectivity index (χ4v) is 2.62. The fraction of sp³-hybridized carbons (Fsp3) is 0.368. The molecule has 0 radical (unpaired) electrons. The standard InChI is InChI=1S/C19H19F3N2O4/c1-18(2,13-4-5-14-15(9-13)27-8-7-26-14)24-17(25)12-3-6-16(23-10-12)28-11-19(20,21)22/h3-6,9-10H,7-8,11H2,1-2H3,(H,24,25). The first-order valence-corrected chi connectivity index (χ1v) is 8.52. The van der Waals surface area contributed by atoms with E-state index in [0.29, 0.717) is 24.7 Å². The maximum absolute atomic E-state index is 12.5. The van der Waals surface area contributed by atoms with E-state index >= 15 is 0 Å². The number of hydrogen-bond acceptors (Lipinski definition) is 5. The third kappa shape index (κ3) is 4.85. The number of ether oxygens (including phenoxy) is 3. The molecule has 28 heavy (non-hydrogen) atoms. The molecule has 1 aromatic carbocycles. The average molecular weight is 396 g/mol. The molecular formula is C19H19F3N2O4. The van der Waals surface area contributed by atoms with E-state index in [1.54, 1.807) is 12.1 Å². The average Bonchev–Trinajstić information content (AvgIpc) is 2.65. The molecule has 2 aromatic rings. The van der Waals surface area contributed by atoms with Gasteiger partial charge in [0.1, 0.15) is 13.2 Å². The maximum atomic E-state index is 12.5. The molecule has 1 aliphatic rings. The molecule has 0 saturated heterocycles. The zero-order valence-electron chi connectivity index (χ0n) is 15.3. The van der Waals surface area contributed by atoms with Crippen LogP contribution < -0.4 is 19.5 Å². The van der Waals surface area contributed by atoms with E-state index in [-0.39, 0.29) is 11.4 Å². The van der Waals surface area contributed by atoms with Crippen molar-refractivity contribution >= 4 is 5.91 Å². The summed E-state index contributed by atoms with van der Waals surface area (Å²) in [6, 6.07) is 8.00. The summed E-state index contributed by atoms with van der Waals surface area (Å²) in [6.45, 7) is 3.15. The van der Waals surface area contributed by atoms with Gasteiger partial charge in [-0.15, -0.1) is 0 Å². The van der Waals surface area contributed by atoms with Gasteiger partial charge in [0.05, 0.1) is 11.1 Å². The minimum atomic E-state index is -4.45. The zero-order chi connectivity index (χ0) is 20.4. The number of pyridine rings is 1. The van der Waals surface area contributed by atoms with Crippen molar-refractivity contribution in [2.24, 2.45) is 0 Å². The van der Waals surface area contributed by atoms with Crippen molar-refractivity contribution in [1.29, 1.82) is 0 Å². The van der Waals surface area contributed by atoms with E-state index in [2.05, 4.69) is 15.0 Å². The van der Waals surface area contributed by atoms with E-state index in [4.69, 9.17) is 9.47 Å². The number of rotatable bonds is 5. The van der Waals surface area contributed by atoms with Crippen LogP contribution in [0.1, 0.15) is 29.8 Å². The summed E-state index contributed by atoms with van der Waals surface area (Å²) in [6.07, 6.45) is -3.29. The van der Waals surface area contributed by atoms with Gasteiger partial charge < -0.3 is 19.5 Å². The normalized spacial score (nSPS) is 13.8. The summed E-state index contributed by atoms with van der Waals surface area (Å²) in [5, 5.41) is 2.88.